The fourth-order valence-electron chi connectivity index (χ4n) is 1.46. The molecule has 0 saturated heterocycles. The van der Waals surface area contributed by atoms with Crippen LogP contribution in [0.5, 0.6) is 0 Å². The Morgan fingerprint density at radius 1 is 1.21 bits per heavy atom. The van der Waals surface area contributed by atoms with Crippen molar-refractivity contribution in [1.82, 2.24) is 4.98 Å². The van der Waals surface area contributed by atoms with Crippen LogP contribution in [-0.4, -0.2) is 22.0 Å². The molecule has 0 saturated carbocycles. The van der Waals surface area contributed by atoms with Gasteiger partial charge in [-0.25, -0.2) is 4.79 Å². The molecule has 0 aliphatic rings. The molecule has 0 atom stereocenters. The van der Waals surface area contributed by atoms with Crippen LogP contribution in [0.1, 0.15) is 20.8 Å². The van der Waals surface area contributed by atoms with Gasteiger partial charge in [0.25, 0.3) is 5.91 Å². The maximum atomic E-state index is 11.8. The lowest BCUT2D eigenvalue weighted by molar-refractivity contribution is 0.0697. The molecule has 0 aliphatic carbocycles. The van der Waals surface area contributed by atoms with E-state index in [9.17, 15) is 9.59 Å². The van der Waals surface area contributed by atoms with E-state index in [4.69, 9.17) is 28.3 Å². The fraction of sp³-hybridized carbons (Fsp3) is 0. The Morgan fingerprint density at radius 2 is 1.95 bits per heavy atom. The van der Waals surface area contributed by atoms with Crippen molar-refractivity contribution < 1.29 is 14.7 Å². The lowest BCUT2D eigenvalue weighted by Gasteiger charge is -2.05. The molecule has 19 heavy (non-hydrogen) atoms. The van der Waals surface area contributed by atoms with Gasteiger partial charge in [-0.1, -0.05) is 23.2 Å². The topological polar surface area (TPSA) is 82.2 Å². The summed E-state index contributed by atoms with van der Waals surface area (Å²) in [7, 11) is 0. The molecule has 0 unspecified atom stereocenters. The third-order valence-electron chi connectivity index (χ3n) is 2.35. The number of carboxylic acids is 1. The summed E-state index contributed by atoms with van der Waals surface area (Å²) >= 11 is 11.5. The number of anilines is 1. The highest BCUT2D eigenvalue weighted by Crippen LogP contribution is 2.21. The fourth-order valence-corrected chi connectivity index (χ4v) is 1.89. The first-order valence-corrected chi connectivity index (χ1v) is 5.91. The zero-order valence-electron chi connectivity index (χ0n) is 9.41. The van der Waals surface area contributed by atoms with Gasteiger partial charge in [0, 0.05) is 11.9 Å². The molecule has 7 heteroatoms. The van der Waals surface area contributed by atoms with E-state index in [1.54, 1.807) is 0 Å². The number of halogens is 2. The lowest BCUT2D eigenvalue weighted by atomic mass is 10.2. The van der Waals surface area contributed by atoms with E-state index in [1.807, 2.05) is 0 Å². The SMILES string of the molecule is O=C(Nc1ccc(C(=O)O)c(Cl)c1)c1cc(Cl)c[nH]1. The first-order chi connectivity index (χ1) is 8.97. The van der Waals surface area contributed by atoms with Crippen LogP contribution < -0.4 is 5.32 Å². The smallest absolute Gasteiger partial charge is 0.337 e. The van der Waals surface area contributed by atoms with Crippen LogP contribution in [0, 0.1) is 0 Å². The number of aromatic nitrogens is 1. The molecule has 0 spiro atoms. The molecule has 2 rings (SSSR count). The van der Waals surface area contributed by atoms with Gasteiger partial charge in [-0.3, -0.25) is 4.79 Å². The Kier molecular flexibility index (Phi) is 3.78. The number of aromatic amines is 1. The minimum absolute atomic E-state index is 0.0254. The summed E-state index contributed by atoms with van der Waals surface area (Å²) in [6, 6.07) is 5.62. The number of aromatic carboxylic acids is 1. The van der Waals surface area contributed by atoms with Gasteiger partial charge in [-0.05, 0) is 24.3 Å². The van der Waals surface area contributed by atoms with E-state index >= 15 is 0 Å². The van der Waals surface area contributed by atoms with Gasteiger partial charge in [0.15, 0.2) is 0 Å². The zero-order valence-corrected chi connectivity index (χ0v) is 10.9. The number of amides is 1. The Labute approximate surface area is 118 Å². The molecule has 0 radical (unpaired) electrons. The van der Waals surface area contributed by atoms with E-state index in [0.29, 0.717) is 16.4 Å². The molecule has 0 aliphatic heterocycles. The van der Waals surface area contributed by atoms with Crippen molar-refractivity contribution in [2.75, 3.05) is 5.32 Å². The van der Waals surface area contributed by atoms with Crippen LogP contribution in [0.3, 0.4) is 0 Å². The first kappa shape index (κ1) is 13.5. The molecule has 98 valence electrons. The first-order valence-electron chi connectivity index (χ1n) is 5.15. The van der Waals surface area contributed by atoms with Gasteiger partial charge in [-0.15, -0.1) is 0 Å². The van der Waals surface area contributed by atoms with Gasteiger partial charge in [0.05, 0.1) is 15.6 Å². The number of nitrogens with one attached hydrogen (secondary N) is 2. The highest BCUT2D eigenvalue weighted by Gasteiger charge is 2.12. The van der Waals surface area contributed by atoms with Crippen LogP contribution in [0.4, 0.5) is 5.69 Å². The van der Waals surface area contributed by atoms with Gasteiger partial charge in [0.1, 0.15) is 5.69 Å². The summed E-state index contributed by atoms with van der Waals surface area (Å²) in [5.41, 5.74) is 0.664. The van der Waals surface area contributed by atoms with Gasteiger partial charge in [0.2, 0.25) is 0 Å². The number of rotatable bonds is 3. The van der Waals surface area contributed by atoms with Crippen molar-refractivity contribution in [3.63, 3.8) is 0 Å². The lowest BCUT2D eigenvalue weighted by Crippen LogP contribution is -2.12. The molecule has 0 bridgehead atoms. The Balaban J connectivity index is 2.18. The summed E-state index contributed by atoms with van der Waals surface area (Å²) in [4.78, 5) is 25.3. The van der Waals surface area contributed by atoms with E-state index in [0.717, 1.165) is 0 Å². The third kappa shape index (κ3) is 3.07. The highest BCUT2D eigenvalue weighted by molar-refractivity contribution is 6.34. The molecule has 1 aromatic heterocycles. The van der Waals surface area contributed by atoms with Crippen LogP contribution in [0.15, 0.2) is 30.5 Å². The van der Waals surface area contributed by atoms with E-state index in [1.165, 1.54) is 30.5 Å². The average Bonchev–Trinajstić information content (AvgIpc) is 2.75. The number of carbonyl (C=O) groups excluding carboxylic acids is 1. The molecule has 1 amide bonds. The second-order valence-electron chi connectivity index (χ2n) is 3.69. The van der Waals surface area contributed by atoms with Crippen molar-refractivity contribution in [1.29, 1.82) is 0 Å². The van der Waals surface area contributed by atoms with Gasteiger partial charge in [-0.2, -0.15) is 0 Å². The predicted octanol–water partition coefficient (Wildman–Crippen LogP) is 3.27. The van der Waals surface area contributed by atoms with Crippen LogP contribution in [0.25, 0.3) is 0 Å². The Bertz CT molecular complexity index is 652. The molecule has 3 N–H and O–H groups in total. The quantitative estimate of drug-likeness (QED) is 0.813. The molecular formula is C12H8Cl2N2O3. The molecule has 5 nitrogen and oxygen atoms in total. The molecule has 2 aromatic rings. The van der Waals surface area contributed by atoms with Crippen molar-refractivity contribution in [3.05, 3.63) is 51.8 Å². The number of hydrogen-bond donors (Lipinski definition) is 3. The summed E-state index contributed by atoms with van der Waals surface area (Å²) in [6.45, 7) is 0. The summed E-state index contributed by atoms with van der Waals surface area (Å²) in [5.74, 6) is -1.52. The number of carboxylic acid groups (broad SMARTS) is 1. The van der Waals surface area contributed by atoms with Crippen molar-refractivity contribution in [3.8, 4) is 0 Å². The molecule has 1 heterocycles. The van der Waals surface area contributed by atoms with Crippen LogP contribution in [0.2, 0.25) is 10.0 Å². The second-order valence-corrected chi connectivity index (χ2v) is 4.53. The second kappa shape index (κ2) is 5.34. The highest BCUT2D eigenvalue weighted by atomic mass is 35.5. The number of H-pyrrole nitrogens is 1. The Morgan fingerprint density at radius 3 is 2.47 bits per heavy atom. The van der Waals surface area contributed by atoms with Crippen LogP contribution >= 0.6 is 23.2 Å². The normalized spacial score (nSPS) is 10.2. The zero-order chi connectivity index (χ0) is 14.0. The van der Waals surface area contributed by atoms with Crippen molar-refractivity contribution in [2.24, 2.45) is 0 Å². The summed E-state index contributed by atoms with van der Waals surface area (Å²) in [5, 5.41) is 11.9. The maximum Gasteiger partial charge on any atom is 0.337 e. The van der Waals surface area contributed by atoms with Crippen molar-refractivity contribution in [2.45, 2.75) is 0 Å². The van der Waals surface area contributed by atoms with E-state index < -0.39 is 11.9 Å². The average molecular weight is 299 g/mol. The third-order valence-corrected chi connectivity index (χ3v) is 2.88. The van der Waals surface area contributed by atoms with E-state index in [-0.39, 0.29) is 10.6 Å². The minimum atomic E-state index is -1.13. The van der Waals surface area contributed by atoms with Crippen LogP contribution in [-0.2, 0) is 0 Å². The predicted molar refractivity (Wildman–Crippen MR) is 72.2 cm³/mol. The number of benzene rings is 1. The summed E-state index contributed by atoms with van der Waals surface area (Å²) in [6.07, 6.45) is 1.48. The minimum Gasteiger partial charge on any atom is -0.478 e. The van der Waals surface area contributed by atoms with Gasteiger partial charge < -0.3 is 15.4 Å². The molecular weight excluding hydrogens is 291 g/mol. The van der Waals surface area contributed by atoms with Gasteiger partial charge >= 0.3 is 5.97 Å². The summed E-state index contributed by atoms with van der Waals surface area (Å²) < 4.78 is 0. The molecule has 0 fully saturated rings. The van der Waals surface area contributed by atoms with Crippen molar-refractivity contribution >= 4 is 40.8 Å². The largest absolute Gasteiger partial charge is 0.478 e. The molecule has 1 aromatic carbocycles. The van der Waals surface area contributed by atoms with E-state index in [2.05, 4.69) is 10.3 Å². The standard InChI is InChI=1S/C12H8Cl2N2O3/c13-6-3-10(15-5-6)11(17)16-7-1-2-8(12(18)19)9(14)4-7/h1-5,15H,(H,16,17)(H,18,19). The maximum absolute atomic E-state index is 11.8. The number of carbonyl (C=O) groups is 2. The monoisotopic (exact) mass is 298 g/mol. The Hall–Kier alpha value is -1.98. The number of hydrogen-bond acceptors (Lipinski definition) is 2.